The first kappa shape index (κ1) is 48.7. The molecule has 0 aliphatic carbocycles. The molecule has 0 saturated heterocycles. The molecule has 0 N–H and O–H groups in total. The van der Waals surface area contributed by atoms with Crippen LogP contribution in [0, 0.1) is 0 Å². The van der Waals surface area contributed by atoms with Crippen molar-refractivity contribution in [2.75, 3.05) is 49.8 Å². The molecular formula is C51H58O14Si. The first-order chi connectivity index (χ1) is 31.5. The predicted octanol–water partition coefficient (Wildman–Crippen LogP) is 10.2. The summed E-state index contributed by atoms with van der Waals surface area (Å²) >= 11 is 0. The molecule has 15 heteroatoms. The van der Waals surface area contributed by atoms with Crippen molar-refractivity contribution < 1.29 is 61.1 Å². The third kappa shape index (κ3) is 9.92. The second-order valence-electron chi connectivity index (χ2n) is 17.0. The van der Waals surface area contributed by atoms with Crippen molar-refractivity contribution in [2.45, 2.75) is 71.1 Å². The summed E-state index contributed by atoms with van der Waals surface area (Å²) < 4.78 is 66.7. The number of ketones is 1. The Labute approximate surface area is 385 Å². The zero-order chi connectivity index (χ0) is 47.9. The molecule has 6 aromatic rings. The quantitative estimate of drug-likeness (QED) is 0.0526. The van der Waals surface area contributed by atoms with Crippen molar-refractivity contribution in [3.63, 3.8) is 0 Å². The molecule has 0 fully saturated rings. The van der Waals surface area contributed by atoms with Crippen molar-refractivity contribution in [3.8, 4) is 46.0 Å². The largest absolute Gasteiger partial charge is 0.496 e. The molecule has 350 valence electrons. The van der Waals surface area contributed by atoms with Gasteiger partial charge in [0.2, 0.25) is 5.76 Å². The molecule has 1 atom stereocenters. The van der Waals surface area contributed by atoms with Crippen LogP contribution in [0.25, 0.3) is 21.5 Å². The van der Waals surface area contributed by atoms with Gasteiger partial charge < -0.3 is 51.5 Å². The summed E-state index contributed by atoms with van der Waals surface area (Å²) in [5.41, 5.74) is 1.66. The van der Waals surface area contributed by atoms with Gasteiger partial charge in [-0.25, -0.2) is 9.59 Å². The highest BCUT2D eigenvalue weighted by Crippen LogP contribution is 2.56. The second-order valence-corrected chi connectivity index (χ2v) is 21.7. The van der Waals surface area contributed by atoms with Gasteiger partial charge in [0, 0.05) is 30.0 Å². The highest BCUT2D eigenvalue weighted by molar-refractivity contribution is 6.74. The lowest BCUT2D eigenvalue weighted by Gasteiger charge is -2.39. The van der Waals surface area contributed by atoms with E-state index in [0.717, 1.165) is 11.1 Å². The predicted molar refractivity (Wildman–Crippen MR) is 253 cm³/mol. The summed E-state index contributed by atoms with van der Waals surface area (Å²) in [4.78, 5) is 41.6. The van der Waals surface area contributed by atoms with Crippen LogP contribution >= 0.6 is 0 Å². The molecule has 0 bridgehead atoms. The van der Waals surface area contributed by atoms with E-state index < -0.39 is 26.0 Å². The van der Waals surface area contributed by atoms with Crippen LogP contribution in [-0.2, 0) is 33.6 Å². The lowest BCUT2D eigenvalue weighted by atomic mass is 9.93. The van der Waals surface area contributed by atoms with E-state index in [1.165, 1.54) is 55.8 Å². The van der Waals surface area contributed by atoms with Gasteiger partial charge in [-0.2, -0.15) is 0 Å². The minimum atomic E-state index is -2.74. The van der Waals surface area contributed by atoms with Crippen LogP contribution in [0.15, 0.2) is 88.1 Å². The molecule has 0 aliphatic heterocycles. The Bertz CT molecular complexity index is 2760. The average molecular weight is 923 g/mol. The summed E-state index contributed by atoms with van der Waals surface area (Å²) in [5, 5.41) is 0.920. The number of benzene rings is 5. The molecule has 0 spiro atoms. The molecule has 1 unspecified atom stereocenters. The van der Waals surface area contributed by atoms with Gasteiger partial charge in [0.25, 0.3) is 0 Å². The lowest BCUT2D eigenvalue weighted by molar-refractivity contribution is -0.120. The van der Waals surface area contributed by atoms with Crippen LogP contribution in [0.3, 0.4) is 0 Å². The van der Waals surface area contributed by atoms with E-state index in [0.29, 0.717) is 44.9 Å². The molecule has 1 aromatic heterocycles. The molecule has 0 radical (unpaired) electrons. The Hall–Kier alpha value is -6.71. The fourth-order valence-corrected chi connectivity index (χ4v) is 8.88. The number of ether oxygens (including phenoxy) is 9. The zero-order valence-corrected chi connectivity index (χ0v) is 40.6. The van der Waals surface area contributed by atoms with Crippen molar-refractivity contribution in [2.24, 2.45) is 0 Å². The number of hydrogen-bond donors (Lipinski definition) is 0. The summed E-state index contributed by atoms with van der Waals surface area (Å²) in [6.45, 7) is 10.6. The molecule has 0 saturated carbocycles. The Kier molecular flexibility index (Phi) is 15.2. The van der Waals surface area contributed by atoms with Crippen LogP contribution in [-0.4, -0.2) is 69.8 Å². The highest BCUT2D eigenvalue weighted by atomic mass is 28.4. The molecule has 6 rings (SSSR count). The maximum Gasteiger partial charge on any atom is 0.374 e. The Morgan fingerprint density at radius 1 is 0.621 bits per heavy atom. The number of hydrogen-bond acceptors (Lipinski definition) is 14. The average Bonchev–Trinajstić information content (AvgIpc) is 3.31. The highest BCUT2D eigenvalue weighted by Gasteiger charge is 2.42. The molecule has 66 heavy (non-hydrogen) atoms. The van der Waals surface area contributed by atoms with Crippen LogP contribution < -0.4 is 43.5 Å². The first-order valence-electron chi connectivity index (χ1n) is 21.3. The number of carbonyl (C=O) groups excluding carboxylic acids is 2. The Morgan fingerprint density at radius 2 is 1.17 bits per heavy atom. The number of fused-ring (bicyclic) bond motifs is 2. The van der Waals surface area contributed by atoms with E-state index in [1.807, 2.05) is 60.7 Å². The van der Waals surface area contributed by atoms with Crippen molar-refractivity contribution in [1.29, 1.82) is 0 Å². The van der Waals surface area contributed by atoms with E-state index in [4.69, 9.17) is 51.5 Å². The van der Waals surface area contributed by atoms with E-state index in [2.05, 4.69) is 33.9 Å². The summed E-state index contributed by atoms with van der Waals surface area (Å²) in [6.07, 6.45) is -1.40. The SMILES string of the molecule is COC(=O)c1cc2cc(C(CC(=O)Cc3c(OCc4ccccc4)c(OC)c4c(OC)c(OC)cc(OC)c4c3OC)O[Si](C)(C)C(C)(C)C)c(OCc3ccccc3)c(OC)c2c(=O)o1. The maximum atomic E-state index is 15.2. The molecule has 0 aliphatic rings. The van der Waals surface area contributed by atoms with Gasteiger partial charge in [0.1, 0.15) is 35.9 Å². The van der Waals surface area contributed by atoms with Crippen molar-refractivity contribution in [1.82, 2.24) is 0 Å². The van der Waals surface area contributed by atoms with Gasteiger partial charge >= 0.3 is 11.6 Å². The molecule has 0 amide bonds. The molecule has 1 heterocycles. The minimum absolute atomic E-state index is 0.0311. The van der Waals surface area contributed by atoms with Crippen LogP contribution in [0.5, 0.6) is 46.0 Å². The van der Waals surface area contributed by atoms with Gasteiger partial charge in [0.15, 0.2) is 42.8 Å². The minimum Gasteiger partial charge on any atom is -0.496 e. The number of rotatable bonds is 20. The fraction of sp³-hybridized carbons (Fsp3) is 0.353. The number of Topliss-reactive ketones (excluding diaryl/α,β-unsaturated/α-hetero) is 1. The van der Waals surface area contributed by atoms with Gasteiger partial charge in [-0.15, -0.1) is 0 Å². The summed E-state index contributed by atoms with van der Waals surface area (Å²) in [6, 6.07) is 23.8. The van der Waals surface area contributed by atoms with Gasteiger partial charge in [-0.3, -0.25) is 4.79 Å². The second kappa shape index (κ2) is 20.6. The van der Waals surface area contributed by atoms with Crippen LogP contribution in [0.4, 0.5) is 0 Å². The van der Waals surface area contributed by atoms with Gasteiger partial charge in [0.05, 0.1) is 66.6 Å². The topological polar surface area (TPSA) is 157 Å². The monoisotopic (exact) mass is 922 g/mol. The van der Waals surface area contributed by atoms with Gasteiger partial charge in [-0.1, -0.05) is 81.4 Å². The molecular weight excluding hydrogens is 865 g/mol. The number of methoxy groups -OCH3 is 7. The lowest BCUT2D eigenvalue weighted by Crippen LogP contribution is -2.42. The first-order valence-corrected chi connectivity index (χ1v) is 24.2. The van der Waals surface area contributed by atoms with Gasteiger partial charge in [-0.05, 0) is 46.8 Å². The van der Waals surface area contributed by atoms with E-state index in [1.54, 1.807) is 12.1 Å². The van der Waals surface area contributed by atoms with Crippen molar-refractivity contribution >= 4 is 41.6 Å². The summed E-state index contributed by atoms with van der Waals surface area (Å²) in [7, 11) is 7.43. The Morgan fingerprint density at radius 3 is 1.68 bits per heavy atom. The molecule has 14 nitrogen and oxygen atoms in total. The number of carbonyl (C=O) groups is 2. The van der Waals surface area contributed by atoms with E-state index >= 15 is 4.79 Å². The van der Waals surface area contributed by atoms with Crippen LogP contribution in [0.1, 0.15) is 66.1 Å². The standard InChI is InChI=1S/C51H58O14Si/c1-51(2,3)66(11,12)65-36(34-23-32-24-39(49(53)61-10)64-50(54)40(32)47(59-8)44(34)62-28-30-19-15-13-16-20-30)26-33(52)25-35-43(57-6)41-37(55-4)27-38(56-5)46(58-7)42(41)48(60-9)45(35)63-29-31-21-17-14-18-22-31/h13-24,27,36H,25-26,28-29H2,1-12H3. The molecule has 5 aromatic carbocycles. The zero-order valence-electron chi connectivity index (χ0n) is 39.6. The normalized spacial score (nSPS) is 12.1. The smallest absolute Gasteiger partial charge is 0.374 e. The van der Waals surface area contributed by atoms with Crippen LogP contribution in [0.2, 0.25) is 18.1 Å². The van der Waals surface area contributed by atoms with E-state index in [-0.39, 0.29) is 76.4 Å². The Balaban J connectivity index is 1.59. The van der Waals surface area contributed by atoms with E-state index in [9.17, 15) is 9.59 Å². The number of esters is 1. The fourth-order valence-electron chi connectivity index (χ4n) is 7.61. The maximum absolute atomic E-state index is 15.2. The van der Waals surface area contributed by atoms with Crippen molar-refractivity contribution in [3.05, 3.63) is 117 Å². The third-order valence-electron chi connectivity index (χ3n) is 11.9. The third-order valence-corrected chi connectivity index (χ3v) is 16.4. The summed E-state index contributed by atoms with van der Waals surface area (Å²) in [5.74, 6) is 0.676.